The van der Waals surface area contributed by atoms with E-state index in [9.17, 15) is 0 Å². The van der Waals surface area contributed by atoms with Gasteiger partial charge in [-0.15, -0.1) is 0 Å². The minimum absolute atomic E-state index is 0.0347. The molecule has 3 aromatic rings. The number of likely N-dealkylation sites (tertiary alicyclic amines) is 1. The molecule has 1 aromatic heterocycles. The Morgan fingerprint density at radius 3 is 2.55 bits per heavy atom. The lowest BCUT2D eigenvalue weighted by atomic mass is 9.86. The first-order valence-corrected chi connectivity index (χ1v) is 14.5. The highest BCUT2D eigenvalue weighted by Crippen LogP contribution is 2.38. The monoisotopic (exact) mass is 562 g/mol. The Bertz CT molecular complexity index is 1290. The van der Waals surface area contributed by atoms with Crippen molar-refractivity contribution in [2.24, 2.45) is 0 Å². The highest BCUT2D eigenvalue weighted by Gasteiger charge is 2.23. The number of ether oxygens (including phenoxy) is 2. The van der Waals surface area contributed by atoms with E-state index in [0.717, 1.165) is 61.7 Å². The van der Waals surface area contributed by atoms with Gasteiger partial charge in [0.1, 0.15) is 10.8 Å². The van der Waals surface area contributed by atoms with Crippen LogP contribution in [0.4, 0.5) is 23.1 Å². The predicted octanol–water partition coefficient (Wildman–Crippen LogP) is 6.24. The van der Waals surface area contributed by atoms with Gasteiger partial charge in [-0.1, -0.05) is 29.8 Å². The number of hydrogen-bond acceptors (Lipinski definition) is 8. The van der Waals surface area contributed by atoms with Crippen molar-refractivity contribution in [3.05, 3.63) is 70.9 Å². The predicted molar refractivity (Wildman–Crippen MR) is 161 cm³/mol. The minimum Gasteiger partial charge on any atom is -0.489 e. The van der Waals surface area contributed by atoms with Crippen molar-refractivity contribution in [1.29, 1.82) is 0 Å². The van der Waals surface area contributed by atoms with Crippen molar-refractivity contribution in [1.82, 2.24) is 19.8 Å². The summed E-state index contributed by atoms with van der Waals surface area (Å²) in [5, 5.41) is 7.22. The number of para-hydroxylation sites is 1. The molecule has 40 heavy (non-hydrogen) atoms. The summed E-state index contributed by atoms with van der Waals surface area (Å²) < 4.78 is 11.7. The molecule has 2 aromatic carbocycles. The van der Waals surface area contributed by atoms with Crippen molar-refractivity contribution in [3.63, 3.8) is 0 Å². The van der Waals surface area contributed by atoms with Crippen LogP contribution in [0.1, 0.15) is 49.3 Å². The number of rotatable bonds is 9. The fraction of sp³-hybridized carbons (Fsp3) is 0.452. The van der Waals surface area contributed by atoms with Crippen LogP contribution >= 0.6 is 11.6 Å². The number of aryl methyl sites for hydroxylation is 1. The summed E-state index contributed by atoms with van der Waals surface area (Å²) >= 11 is 6.54. The van der Waals surface area contributed by atoms with Crippen LogP contribution in [0.25, 0.3) is 0 Å². The second-order valence-electron chi connectivity index (χ2n) is 10.8. The van der Waals surface area contributed by atoms with Gasteiger partial charge in [0.05, 0.1) is 37.7 Å². The maximum Gasteiger partial charge on any atom is 0.229 e. The van der Waals surface area contributed by atoms with Gasteiger partial charge in [-0.2, -0.15) is 4.98 Å². The number of nitrogens with one attached hydrogen (secondary N) is 2. The molecule has 2 aliphatic rings. The summed E-state index contributed by atoms with van der Waals surface area (Å²) in [6, 6.07) is 12.3. The maximum atomic E-state index is 6.54. The van der Waals surface area contributed by atoms with Gasteiger partial charge in [0.2, 0.25) is 5.95 Å². The molecule has 2 saturated heterocycles. The summed E-state index contributed by atoms with van der Waals surface area (Å²) in [7, 11) is 2.19. The largest absolute Gasteiger partial charge is 0.489 e. The first-order valence-electron chi connectivity index (χ1n) is 14.1. The average Bonchev–Trinajstić information content (AvgIpc) is 2.94. The van der Waals surface area contributed by atoms with Gasteiger partial charge < -0.3 is 25.0 Å². The molecule has 2 radical (unpaired) electrons. The number of anilines is 4. The molecule has 0 spiro atoms. The van der Waals surface area contributed by atoms with E-state index < -0.39 is 0 Å². The quantitative estimate of drug-likeness (QED) is 0.317. The van der Waals surface area contributed by atoms with E-state index in [1.807, 2.05) is 38.1 Å². The standard InChI is InChI=1S/C31H39ClN6O2/c1-21(2)40-29-18-25(23-9-11-37(4)12-10-23)22(3)17-28(29)35-31-33-19-26(32)30(36-31)34-27-8-6-5-7-24(27)20-38-13-15-39-16-14-38/h5-8,17-19,21,23H,9-16H2,1-4H3,(H2,33,34,35,36). The summed E-state index contributed by atoms with van der Waals surface area (Å²) in [5.41, 5.74) is 5.23. The Balaban J connectivity index is 1.38. The Kier molecular flexibility index (Phi) is 9.42. The zero-order valence-corrected chi connectivity index (χ0v) is 24.6. The molecule has 0 atom stereocenters. The first kappa shape index (κ1) is 28.6. The molecule has 8 nitrogen and oxygen atoms in total. The Hall–Kier alpha value is -2.91. The second kappa shape index (κ2) is 13.2. The minimum atomic E-state index is 0.0347. The van der Waals surface area contributed by atoms with Crippen LogP contribution in [0.15, 0.2) is 42.6 Å². The Morgan fingerprint density at radius 1 is 1.05 bits per heavy atom. The summed E-state index contributed by atoms with van der Waals surface area (Å²) in [6.45, 7) is 15.0. The van der Waals surface area contributed by atoms with Crippen LogP contribution in [0, 0.1) is 13.5 Å². The van der Waals surface area contributed by atoms with Crippen LogP contribution in [0.5, 0.6) is 5.75 Å². The van der Waals surface area contributed by atoms with Crippen LogP contribution < -0.4 is 15.4 Å². The van der Waals surface area contributed by atoms with Gasteiger partial charge in [-0.25, -0.2) is 4.98 Å². The van der Waals surface area contributed by atoms with E-state index in [0.29, 0.717) is 35.9 Å². The highest BCUT2D eigenvalue weighted by atomic mass is 35.5. The molecule has 212 valence electrons. The molecule has 2 fully saturated rings. The number of aromatic nitrogens is 2. The molecule has 3 heterocycles. The number of morpholine rings is 1. The average molecular weight is 563 g/mol. The Morgan fingerprint density at radius 2 is 1.80 bits per heavy atom. The van der Waals surface area contributed by atoms with Crippen LogP contribution in [-0.2, 0) is 4.74 Å². The molecule has 0 bridgehead atoms. The molecule has 0 saturated carbocycles. The van der Waals surface area contributed by atoms with Crippen LogP contribution in [0.2, 0.25) is 5.02 Å². The normalized spacial score (nSPS) is 17.2. The fourth-order valence-electron chi connectivity index (χ4n) is 5.21. The van der Waals surface area contributed by atoms with Gasteiger partial charge in [0.15, 0.2) is 5.82 Å². The lowest BCUT2D eigenvalue weighted by Crippen LogP contribution is -2.34. The van der Waals surface area contributed by atoms with Gasteiger partial charge in [-0.05, 0) is 89.0 Å². The highest BCUT2D eigenvalue weighted by molar-refractivity contribution is 6.32. The maximum absolute atomic E-state index is 6.54. The van der Waals surface area contributed by atoms with Crippen molar-refractivity contribution >= 4 is 34.7 Å². The summed E-state index contributed by atoms with van der Waals surface area (Å²) in [4.78, 5) is 13.7. The van der Waals surface area contributed by atoms with Crippen molar-refractivity contribution in [3.8, 4) is 5.75 Å². The molecule has 0 amide bonds. The van der Waals surface area contributed by atoms with Crippen LogP contribution in [0.3, 0.4) is 0 Å². The Labute approximate surface area is 243 Å². The van der Waals surface area contributed by atoms with Crippen molar-refractivity contribution in [2.75, 3.05) is 57.1 Å². The molecule has 5 rings (SSSR count). The molecule has 2 aliphatic heterocycles. The van der Waals surface area contributed by atoms with Gasteiger partial charge in [0.25, 0.3) is 0 Å². The number of benzene rings is 2. The third kappa shape index (κ3) is 7.23. The smallest absolute Gasteiger partial charge is 0.229 e. The second-order valence-corrected chi connectivity index (χ2v) is 11.3. The zero-order chi connectivity index (χ0) is 28.1. The first-order chi connectivity index (χ1) is 19.4. The van der Waals surface area contributed by atoms with E-state index in [2.05, 4.69) is 58.1 Å². The number of piperidine rings is 1. The third-order valence-electron chi connectivity index (χ3n) is 7.35. The van der Waals surface area contributed by atoms with E-state index >= 15 is 0 Å². The van der Waals surface area contributed by atoms with Crippen molar-refractivity contribution < 1.29 is 9.47 Å². The lowest BCUT2D eigenvalue weighted by molar-refractivity contribution is 0.0532. The zero-order valence-electron chi connectivity index (χ0n) is 23.8. The molecule has 9 heteroatoms. The topological polar surface area (TPSA) is 74.8 Å². The molecule has 2 N–H and O–H groups in total. The SMILES string of the molecule is Cc1cc(Nc2ncc(Cl)c(Nc3ccccc3[C]N3CCOCC3)n2)c(OC(C)C)cc1C1CCN(C)CC1. The van der Waals surface area contributed by atoms with Crippen molar-refractivity contribution in [2.45, 2.75) is 45.6 Å². The summed E-state index contributed by atoms with van der Waals surface area (Å²) in [6.07, 6.45) is 3.96. The van der Waals surface area contributed by atoms with Gasteiger partial charge in [-0.3, -0.25) is 4.90 Å². The van der Waals surface area contributed by atoms with E-state index in [1.165, 1.54) is 11.1 Å². The number of hydrogen-bond donors (Lipinski definition) is 2. The number of nitrogens with zero attached hydrogens (tertiary/aromatic N) is 4. The van der Waals surface area contributed by atoms with Crippen LogP contribution in [-0.4, -0.2) is 72.3 Å². The molecule has 0 unspecified atom stereocenters. The molecular weight excluding hydrogens is 524 g/mol. The van der Waals surface area contributed by atoms with Gasteiger partial charge >= 0.3 is 0 Å². The third-order valence-corrected chi connectivity index (χ3v) is 7.63. The summed E-state index contributed by atoms with van der Waals surface area (Å²) in [5.74, 6) is 2.29. The number of halogens is 1. The van der Waals surface area contributed by atoms with E-state index in [-0.39, 0.29) is 6.10 Å². The fourth-order valence-corrected chi connectivity index (χ4v) is 5.35. The molecule has 0 aliphatic carbocycles. The van der Waals surface area contributed by atoms with E-state index in [1.54, 1.807) is 6.20 Å². The molecular formula is C31H39ClN6O2. The van der Waals surface area contributed by atoms with E-state index in [4.69, 9.17) is 26.1 Å². The van der Waals surface area contributed by atoms with Gasteiger partial charge in [0, 0.05) is 24.3 Å². The lowest BCUT2D eigenvalue weighted by Gasteiger charge is -2.30.